The second-order valence-electron chi connectivity index (χ2n) is 5.25. The minimum absolute atomic E-state index is 0.0461. The molecule has 0 aliphatic rings. The maximum absolute atomic E-state index is 12.2. The van der Waals surface area contributed by atoms with E-state index in [9.17, 15) is 4.79 Å². The Bertz CT molecular complexity index is 458. The van der Waals surface area contributed by atoms with E-state index >= 15 is 0 Å². The van der Waals surface area contributed by atoms with E-state index < -0.39 is 0 Å². The highest BCUT2D eigenvalue weighted by Gasteiger charge is 2.18. The fourth-order valence-corrected chi connectivity index (χ4v) is 2.22. The summed E-state index contributed by atoms with van der Waals surface area (Å²) in [7, 11) is 0. The number of nitrogens with one attached hydrogen (secondary N) is 1. The SMILES string of the molecule is Cc1cc(Cl)c(C(=O)NC(CCO)C(C)C)cc1C. The van der Waals surface area contributed by atoms with Crippen molar-refractivity contribution < 1.29 is 9.90 Å². The average molecular weight is 284 g/mol. The van der Waals surface area contributed by atoms with Gasteiger partial charge in [0, 0.05) is 12.6 Å². The van der Waals surface area contributed by atoms with E-state index in [4.69, 9.17) is 16.7 Å². The number of hydrogen-bond donors (Lipinski definition) is 2. The van der Waals surface area contributed by atoms with Gasteiger partial charge >= 0.3 is 0 Å². The molecule has 0 fully saturated rings. The number of halogens is 1. The number of benzene rings is 1. The van der Waals surface area contributed by atoms with Crippen LogP contribution in [0.3, 0.4) is 0 Å². The fraction of sp³-hybridized carbons (Fsp3) is 0.533. The Kier molecular flexibility index (Phi) is 5.83. The van der Waals surface area contributed by atoms with Crippen LogP contribution in [0.4, 0.5) is 0 Å². The Morgan fingerprint density at radius 3 is 2.42 bits per heavy atom. The Morgan fingerprint density at radius 1 is 1.32 bits per heavy atom. The molecule has 1 rings (SSSR count). The van der Waals surface area contributed by atoms with Gasteiger partial charge in [-0.1, -0.05) is 25.4 Å². The van der Waals surface area contributed by atoms with Gasteiger partial charge in [0.25, 0.3) is 5.91 Å². The van der Waals surface area contributed by atoms with Crippen LogP contribution in [0, 0.1) is 19.8 Å². The molecule has 0 aromatic heterocycles. The summed E-state index contributed by atoms with van der Waals surface area (Å²) < 4.78 is 0. The van der Waals surface area contributed by atoms with E-state index in [-0.39, 0.29) is 24.5 Å². The highest BCUT2D eigenvalue weighted by Crippen LogP contribution is 2.21. The lowest BCUT2D eigenvalue weighted by molar-refractivity contribution is 0.0916. The second kappa shape index (κ2) is 6.92. The topological polar surface area (TPSA) is 49.3 Å². The van der Waals surface area contributed by atoms with Crippen molar-refractivity contribution in [1.29, 1.82) is 0 Å². The molecule has 0 saturated heterocycles. The van der Waals surface area contributed by atoms with Crippen molar-refractivity contribution in [3.63, 3.8) is 0 Å². The molecule has 0 heterocycles. The van der Waals surface area contributed by atoms with Crippen molar-refractivity contribution in [1.82, 2.24) is 5.32 Å². The predicted molar refractivity (Wildman–Crippen MR) is 78.7 cm³/mol. The van der Waals surface area contributed by atoms with Crippen LogP contribution in [0.1, 0.15) is 41.8 Å². The Hall–Kier alpha value is -1.06. The van der Waals surface area contributed by atoms with E-state index in [1.54, 1.807) is 0 Å². The van der Waals surface area contributed by atoms with Gasteiger partial charge in [0.05, 0.1) is 10.6 Å². The zero-order chi connectivity index (χ0) is 14.6. The average Bonchev–Trinajstić information content (AvgIpc) is 2.32. The summed E-state index contributed by atoms with van der Waals surface area (Å²) in [6.07, 6.45) is 0.547. The van der Waals surface area contributed by atoms with E-state index in [2.05, 4.69) is 5.32 Å². The van der Waals surface area contributed by atoms with Gasteiger partial charge in [0.1, 0.15) is 0 Å². The van der Waals surface area contributed by atoms with E-state index in [1.165, 1.54) is 0 Å². The number of aliphatic hydroxyl groups excluding tert-OH is 1. The minimum Gasteiger partial charge on any atom is -0.396 e. The van der Waals surface area contributed by atoms with Gasteiger partial charge in [0.2, 0.25) is 0 Å². The monoisotopic (exact) mass is 283 g/mol. The lowest BCUT2D eigenvalue weighted by Crippen LogP contribution is -2.39. The van der Waals surface area contributed by atoms with Crippen LogP contribution in [0.25, 0.3) is 0 Å². The third-order valence-electron chi connectivity index (χ3n) is 3.39. The summed E-state index contributed by atoms with van der Waals surface area (Å²) in [5, 5.41) is 12.4. The van der Waals surface area contributed by atoms with E-state index in [0.717, 1.165) is 11.1 Å². The fourth-order valence-electron chi connectivity index (χ4n) is 1.91. The molecular formula is C15H22ClNO2. The van der Waals surface area contributed by atoms with Crippen LogP contribution in [-0.2, 0) is 0 Å². The van der Waals surface area contributed by atoms with Crippen LogP contribution >= 0.6 is 11.6 Å². The standard InChI is InChI=1S/C15H22ClNO2/c1-9(2)14(5-6-18)17-15(19)12-7-10(3)11(4)8-13(12)16/h7-9,14,18H,5-6H2,1-4H3,(H,17,19). The zero-order valence-corrected chi connectivity index (χ0v) is 12.7. The molecule has 1 aromatic rings. The molecule has 1 amide bonds. The number of aryl methyl sites for hydroxylation is 2. The molecule has 0 radical (unpaired) electrons. The molecule has 1 aromatic carbocycles. The molecule has 0 aliphatic carbocycles. The van der Waals surface area contributed by atoms with Crippen LogP contribution < -0.4 is 5.32 Å². The molecule has 3 nitrogen and oxygen atoms in total. The lowest BCUT2D eigenvalue weighted by Gasteiger charge is -2.22. The first-order valence-corrected chi connectivity index (χ1v) is 6.93. The van der Waals surface area contributed by atoms with Crippen molar-refractivity contribution in [3.05, 3.63) is 33.8 Å². The summed E-state index contributed by atoms with van der Waals surface area (Å²) in [5.74, 6) is 0.0849. The second-order valence-corrected chi connectivity index (χ2v) is 5.66. The molecule has 4 heteroatoms. The first kappa shape index (κ1) is 16.0. The molecule has 106 valence electrons. The molecule has 1 unspecified atom stereocenters. The van der Waals surface area contributed by atoms with Crippen molar-refractivity contribution in [2.75, 3.05) is 6.61 Å². The number of carbonyl (C=O) groups excluding carboxylic acids is 1. The Balaban J connectivity index is 2.91. The van der Waals surface area contributed by atoms with Gasteiger partial charge in [-0.2, -0.15) is 0 Å². The predicted octanol–water partition coefficient (Wildman–Crippen LogP) is 3.09. The van der Waals surface area contributed by atoms with Crippen molar-refractivity contribution in [3.8, 4) is 0 Å². The van der Waals surface area contributed by atoms with Gasteiger partial charge in [-0.05, 0) is 49.4 Å². The molecule has 0 saturated carbocycles. The van der Waals surface area contributed by atoms with Crippen molar-refractivity contribution >= 4 is 17.5 Å². The maximum Gasteiger partial charge on any atom is 0.253 e. The normalized spacial score (nSPS) is 12.6. The van der Waals surface area contributed by atoms with Gasteiger partial charge < -0.3 is 10.4 Å². The highest BCUT2D eigenvalue weighted by atomic mass is 35.5. The van der Waals surface area contributed by atoms with Gasteiger partial charge in [-0.15, -0.1) is 0 Å². The van der Waals surface area contributed by atoms with Crippen molar-refractivity contribution in [2.24, 2.45) is 5.92 Å². The van der Waals surface area contributed by atoms with Crippen LogP contribution in [0.2, 0.25) is 5.02 Å². The van der Waals surface area contributed by atoms with Crippen LogP contribution in [0.15, 0.2) is 12.1 Å². The summed E-state index contributed by atoms with van der Waals surface area (Å²) in [5.41, 5.74) is 2.60. The molecular weight excluding hydrogens is 262 g/mol. The number of carbonyl (C=O) groups is 1. The molecule has 0 bridgehead atoms. The van der Waals surface area contributed by atoms with Gasteiger partial charge in [-0.3, -0.25) is 4.79 Å². The van der Waals surface area contributed by atoms with Gasteiger partial charge in [-0.25, -0.2) is 0 Å². The largest absolute Gasteiger partial charge is 0.396 e. The molecule has 1 atom stereocenters. The Morgan fingerprint density at radius 2 is 1.89 bits per heavy atom. The minimum atomic E-state index is -0.180. The number of amides is 1. The number of aliphatic hydroxyl groups is 1. The molecule has 0 aliphatic heterocycles. The van der Waals surface area contributed by atoms with Crippen LogP contribution in [0.5, 0.6) is 0 Å². The third kappa shape index (κ3) is 4.22. The Labute approximate surface area is 120 Å². The molecule has 2 N–H and O–H groups in total. The van der Waals surface area contributed by atoms with Gasteiger partial charge in [0.15, 0.2) is 0 Å². The number of hydrogen-bond acceptors (Lipinski definition) is 2. The third-order valence-corrected chi connectivity index (χ3v) is 3.70. The quantitative estimate of drug-likeness (QED) is 0.872. The summed E-state index contributed by atoms with van der Waals surface area (Å²) in [4.78, 5) is 12.2. The lowest BCUT2D eigenvalue weighted by atomic mass is 10.00. The first-order chi connectivity index (χ1) is 8.86. The highest BCUT2D eigenvalue weighted by molar-refractivity contribution is 6.34. The summed E-state index contributed by atoms with van der Waals surface area (Å²) in [6.45, 7) is 8.01. The maximum atomic E-state index is 12.2. The van der Waals surface area contributed by atoms with E-state index in [1.807, 2.05) is 39.8 Å². The first-order valence-electron chi connectivity index (χ1n) is 6.55. The zero-order valence-electron chi connectivity index (χ0n) is 12.0. The van der Waals surface area contributed by atoms with Crippen LogP contribution in [-0.4, -0.2) is 23.7 Å². The smallest absolute Gasteiger partial charge is 0.253 e. The number of rotatable bonds is 5. The van der Waals surface area contributed by atoms with E-state index in [0.29, 0.717) is 17.0 Å². The molecule has 0 spiro atoms. The molecule has 19 heavy (non-hydrogen) atoms. The van der Waals surface area contributed by atoms with Crippen molar-refractivity contribution in [2.45, 2.75) is 40.2 Å². The summed E-state index contributed by atoms with van der Waals surface area (Å²) >= 11 is 6.13. The summed E-state index contributed by atoms with van der Waals surface area (Å²) in [6, 6.07) is 3.57.